The van der Waals surface area contributed by atoms with Gasteiger partial charge in [-0.05, 0) is 42.0 Å². The van der Waals surface area contributed by atoms with Gasteiger partial charge in [0, 0.05) is 11.3 Å². The quantitative estimate of drug-likeness (QED) is 0.194. The molecule has 0 aliphatic heterocycles. The van der Waals surface area contributed by atoms with Crippen molar-refractivity contribution in [1.82, 2.24) is 10.2 Å². The predicted octanol–water partition coefficient (Wildman–Crippen LogP) is 6.50. The van der Waals surface area contributed by atoms with Gasteiger partial charge in [-0.3, -0.25) is 10.1 Å². The second kappa shape index (κ2) is 9.13. The van der Waals surface area contributed by atoms with E-state index in [-0.39, 0.29) is 28.0 Å². The van der Waals surface area contributed by atoms with Gasteiger partial charge in [0.2, 0.25) is 5.13 Å². The van der Waals surface area contributed by atoms with E-state index in [4.69, 9.17) is 4.42 Å². The third-order valence-electron chi connectivity index (χ3n) is 4.21. The first kappa shape index (κ1) is 22.0. The average Bonchev–Trinajstić information content (AvgIpc) is 3.43. The van der Waals surface area contributed by atoms with Crippen LogP contribution in [0.4, 0.5) is 22.7 Å². The van der Waals surface area contributed by atoms with Gasteiger partial charge in [0.05, 0.1) is 5.56 Å². The number of nitrogens with zero attached hydrogens (tertiary/aromatic N) is 2. The summed E-state index contributed by atoms with van der Waals surface area (Å²) >= 11 is 2.54. The SMILES string of the molecule is O=C(Nc1nnc(SCc2ccc(F)cc2)s1)c1ccc(-c2cccc(C(F)(F)F)c2)o1. The number of halogens is 4. The van der Waals surface area contributed by atoms with Crippen molar-refractivity contribution in [2.45, 2.75) is 16.3 Å². The maximum Gasteiger partial charge on any atom is 0.416 e. The van der Waals surface area contributed by atoms with E-state index in [0.29, 0.717) is 10.1 Å². The summed E-state index contributed by atoms with van der Waals surface area (Å²) in [6.07, 6.45) is -4.48. The first-order valence-electron chi connectivity index (χ1n) is 9.07. The molecule has 0 aliphatic carbocycles. The second-order valence-electron chi connectivity index (χ2n) is 6.48. The normalized spacial score (nSPS) is 11.5. The van der Waals surface area contributed by atoms with Crippen molar-refractivity contribution in [2.24, 2.45) is 0 Å². The van der Waals surface area contributed by atoms with E-state index in [9.17, 15) is 22.4 Å². The van der Waals surface area contributed by atoms with Crippen LogP contribution < -0.4 is 5.32 Å². The highest BCUT2D eigenvalue weighted by Gasteiger charge is 2.30. The van der Waals surface area contributed by atoms with Gasteiger partial charge in [-0.2, -0.15) is 13.2 Å². The topological polar surface area (TPSA) is 68.0 Å². The summed E-state index contributed by atoms with van der Waals surface area (Å²) in [7, 11) is 0. The van der Waals surface area contributed by atoms with Crippen LogP contribution >= 0.6 is 23.1 Å². The maximum absolute atomic E-state index is 13.0. The Morgan fingerprint density at radius 2 is 1.84 bits per heavy atom. The lowest BCUT2D eigenvalue weighted by Gasteiger charge is -2.07. The number of alkyl halides is 3. The number of thioether (sulfide) groups is 1. The van der Waals surface area contributed by atoms with Crippen LogP contribution in [0.3, 0.4) is 0 Å². The summed E-state index contributed by atoms with van der Waals surface area (Å²) in [4.78, 5) is 12.4. The highest BCUT2D eigenvalue weighted by molar-refractivity contribution is 8.00. The third-order valence-corrected chi connectivity index (χ3v) is 6.25. The minimum Gasteiger partial charge on any atom is -0.451 e. The van der Waals surface area contributed by atoms with Crippen molar-refractivity contribution in [2.75, 3.05) is 5.32 Å². The number of rotatable bonds is 6. The standard InChI is InChI=1S/C21H13F4N3O2S2/c22-15-6-4-12(5-7-15)11-31-20-28-27-19(32-20)26-18(29)17-9-8-16(30-17)13-2-1-3-14(10-13)21(23,24)25/h1-10H,11H2,(H,26,27,29). The zero-order chi connectivity index (χ0) is 22.7. The van der Waals surface area contributed by atoms with Crippen LogP contribution in [-0.4, -0.2) is 16.1 Å². The first-order chi connectivity index (χ1) is 15.3. The molecule has 0 fully saturated rings. The number of hydrogen-bond donors (Lipinski definition) is 1. The number of aromatic nitrogens is 2. The van der Waals surface area contributed by atoms with Gasteiger partial charge in [0.25, 0.3) is 5.91 Å². The molecule has 0 saturated heterocycles. The predicted molar refractivity (Wildman–Crippen MR) is 113 cm³/mol. The Kier molecular flexibility index (Phi) is 6.28. The Hall–Kier alpha value is -3.18. The molecule has 0 spiro atoms. The minimum atomic E-state index is -4.48. The van der Waals surface area contributed by atoms with Gasteiger partial charge >= 0.3 is 6.18 Å². The van der Waals surface area contributed by atoms with Crippen molar-refractivity contribution >= 4 is 34.1 Å². The summed E-state index contributed by atoms with van der Waals surface area (Å²) in [5.41, 5.74) is 0.307. The molecule has 1 N–H and O–H groups in total. The number of nitrogens with one attached hydrogen (secondary N) is 1. The van der Waals surface area contributed by atoms with Gasteiger partial charge in [-0.15, -0.1) is 10.2 Å². The van der Waals surface area contributed by atoms with Gasteiger partial charge in [-0.25, -0.2) is 4.39 Å². The zero-order valence-electron chi connectivity index (χ0n) is 16.0. The highest BCUT2D eigenvalue weighted by atomic mass is 32.2. The third kappa shape index (κ3) is 5.35. The molecule has 11 heteroatoms. The lowest BCUT2D eigenvalue weighted by atomic mass is 10.1. The molecule has 0 unspecified atom stereocenters. The number of benzene rings is 2. The summed E-state index contributed by atoms with van der Waals surface area (Å²) in [6, 6.07) is 13.5. The molecule has 1 amide bonds. The fraction of sp³-hybridized carbons (Fsp3) is 0.0952. The maximum atomic E-state index is 13.0. The fourth-order valence-corrected chi connectivity index (χ4v) is 4.37. The van der Waals surface area contributed by atoms with E-state index >= 15 is 0 Å². The molecule has 5 nitrogen and oxygen atoms in total. The van der Waals surface area contributed by atoms with Gasteiger partial charge in [0.1, 0.15) is 11.6 Å². The molecule has 0 saturated carbocycles. The molecule has 0 aliphatic rings. The summed E-state index contributed by atoms with van der Waals surface area (Å²) in [6.45, 7) is 0. The molecule has 0 radical (unpaired) electrons. The van der Waals surface area contributed by atoms with Crippen LogP contribution in [0.25, 0.3) is 11.3 Å². The number of carbonyl (C=O) groups excluding carboxylic acids is 1. The molecule has 4 rings (SSSR count). The van der Waals surface area contributed by atoms with Crippen molar-refractivity contribution < 1.29 is 26.8 Å². The average molecular weight is 479 g/mol. The second-order valence-corrected chi connectivity index (χ2v) is 8.68. The van der Waals surface area contributed by atoms with Crippen LogP contribution in [0.2, 0.25) is 0 Å². The van der Waals surface area contributed by atoms with Crippen molar-refractivity contribution in [3.8, 4) is 11.3 Å². The van der Waals surface area contributed by atoms with Crippen LogP contribution in [-0.2, 0) is 11.9 Å². The lowest BCUT2D eigenvalue weighted by molar-refractivity contribution is -0.137. The van der Waals surface area contributed by atoms with Gasteiger partial charge in [-0.1, -0.05) is 47.4 Å². The van der Waals surface area contributed by atoms with Crippen molar-refractivity contribution in [3.63, 3.8) is 0 Å². The molecular weight excluding hydrogens is 466 g/mol. The smallest absolute Gasteiger partial charge is 0.416 e. The van der Waals surface area contributed by atoms with Crippen molar-refractivity contribution in [1.29, 1.82) is 0 Å². The zero-order valence-corrected chi connectivity index (χ0v) is 17.7. The molecule has 2 aromatic heterocycles. The number of furan rings is 1. The molecule has 0 atom stereocenters. The van der Waals surface area contributed by atoms with Crippen LogP contribution in [0.1, 0.15) is 21.7 Å². The van der Waals surface area contributed by atoms with E-state index < -0.39 is 17.6 Å². The first-order valence-corrected chi connectivity index (χ1v) is 10.9. The van der Waals surface area contributed by atoms with E-state index in [0.717, 1.165) is 29.0 Å². The number of carbonyl (C=O) groups is 1. The lowest BCUT2D eigenvalue weighted by Crippen LogP contribution is -2.10. The number of hydrogen-bond acceptors (Lipinski definition) is 6. The van der Waals surface area contributed by atoms with Crippen LogP contribution in [0.5, 0.6) is 0 Å². The Bertz CT molecular complexity index is 1240. The highest BCUT2D eigenvalue weighted by Crippen LogP contribution is 2.33. The largest absolute Gasteiger partial charge is 0.451 e. The molecule has 2 heterocycles. The summed E-state index contributed by atoms with van der Waals surface area (Å²) in [5, 5.41) is 10.7. The van der Waals surface area contributed by atoms with Crippen LogP contribution in [0.15, 0.2) is 69.4 Å². The van der Waals surface area contributed by atoms with E-state index in [1.54, 1.807) is 12.1 Å². The van der Waals surface area contributed by atoms with E-state index in [2.05, 4.69) is 15.5 Å². The summed E-state index contributed by atoms with van der Waals surface area (Å²) in [5.74, 6) is -0.299. The van der Waals surface area contributed by atoms with E-state index in [1.807, 2.05) is 0 Å². The van der Waals surface area contributed by atoms with Crippen molar-refractivity contribution in [3.05, 3.63) is 83.4 Å². The van der Waals surface area contributed by atoms with Gasteiger partial charge in [0.15, 0.2) is 10.1 Å². The van der Waals surface area contributed by atoms with Gasteiger partial charge < -0.3 is 4.42 Å². The van der Waals surface area contributed by atoms with Crippen LogP contribution in [0, 0.1) is 5.82 Å². The Morgan fingerprint density at radius 1 is 1.06 bits per heavy atom. The molecule has 32 heavy (non-hydrogen) atoms. The minimum absolute atomic E-state index is 0.0758. The molecule has 164 valence electrons. The number of anilines is 1. The molecule has 0 bridgehead atoms. The molecular formula is C21H13F4N3O2S2. The molecule has 4 aromatic rings. The summed E-state index contributed by atoms with van der Waals surface area (Å²) < 4.78 is 57.7. The molecule has 2 aromatic carbocycles. The monoisotopic (exact) mass is 479 g/mol. The number of amides is 1. The fourth-order valence-electron chi connectivity index (χ4n) is 2.67. The van der Waals surface area contributed by atoms with E-state index in [1.165, 1.54) is 48.2 Å². The Balaban J connectivity index is 1.39. The Labute approximate surface area is 187 Å². The Morgan fingerprint density at radius 3 is 2.59 bits per heavy atom.